The first-order chi connectivity index (χ1) is 19.0. The summed E-state index contributed by atoms with van der Waals surface area (Å²) in [5.41, 5.74) is 0. The summed E-state index contributed by atoms with van der Waals surface area (Å²) in [7, 11) is -7.65. The Morgan fingerprint density at radius 3 is 1.18 bits per heavy atom. The van der Waals surface area contributed by atoms with Crippen molar-refractivity contribution in [1.82, 2.24) is 0 Å². The van der Waals surface area contributed by atoms with Gasteiger partial charge in [-0.2, -0.15) is 13.2 Å². The van der Waals surface area contributed by atoms with Crippen LogP contribution in [0.15, 0.2) is 121 Å². The summed E-state index contributed by atoms with van der Waals surface area (Å²) in [6.07, 6.45) is -8.48. The van der Waals surface area contributed by atoms with Gasteiger partial charge in [-0.05, 0) is 55.5 Å². The average Bonchev–Trinajstić information content (AvgIpc) is 2.97. The maximum absolute atomic E-state index is 14.5. The van der Waals surface area contributed by atoms with Crippen LogP contribution in [0.1, 0.15) is 20.3 Å². The fourth-order valence-corrected chi connectivity index (χ4v) is 9.06. The smallest absolute Gasteiger partial charge is 0.319 e. The van der Waals surface area contributed by atoms with Crippen molar-refractivity contribution in [3.05, 3.63) is 121 Å². The second kappa shape index (κ2) is 12.7. The summed E-state index contributed by atoms with van der Waals surface area (Å²) < 4.78 is 82.9. The third-order valence-corrected chi connectivity index (χ3v) is 11.9. The summed E-state index contributed by atoms with van der Waals surface area (Å²) in [5, 5.41) is 1.42. The summed E-state index contributed by atoms with van der Waals surface area (Å²) in [5.74, 6) is -0.942. The molecule has 0 heterocycles. The van der Waals surface area contributed by atoms with Crippen LogP contribution in [0.3, 0.4) is 0 Å². The molecule has 4 aromatic carbocycles. The number of halogens is 3. The summed E-state index contributed by atoms with van der Waals surface area (Å²) in [6, 6.07) is 33.6. The van der Waals surface area contributed by atoms with Crippen molar-refractivity contribution >= 4 is 36.0 Å². The second-order valence-electron chi connectivity index (χ2n) is 9.58. The molecule has 3 atom stereocenters. The van der Waals surface area contributed by atoms with E-state index in [0.717, 1.165) is 0 Å². The van der Waals surface area contributed by atoms with Crippen molar-refractivity contribution in [1.29, 1.82) is 0 Å². The zero-order chi connectivity index (χ0) is 28.8. The average molecular weight is 587 g/mol. The van der Waals surface area contributed by atoms with E-state index in [4.69, 9.17) is 9.05 Å². The van der Waals surface area contributed by atoms with Gasteiger partial charge < -0.3 is 9.05 Å². The van der Waals surface area contributed by atoms with Gasteiger partial charge in [0.15, 0.2) is 0 Å². The van der Waals surface area contributed by atoms with Crippen molar-refractivity contribution in [3.8, 4) is 0 Å². The lowest BCUT2D eigenvalue weighted by Crippen LogP contribution is -2.37. The number of alkyl halides is 3. The van der Waals surface area contributed by atoms with Gasteiger partial charge in [-0.25, -0.2) is 0 Å². The van der Waals surface area contributed by atoms with Gasteiger partial charge in [0.1, 0.15) is 0 Å². The molecule has 4 rings (SSSR count). The normalized spacial score (nSPS) is 14.8. The predicted molar refractivity (Wildman–Crippen MR) is 155 cm³/mol. The molecule has 210 valence electrons. The molecule has 0 fully saturated rings. The molecule has 0 aliphatic rings. The minimum atomic E-state index is -4.61. The van der Waals surface area contributed by atoms with Crippen LogP contribution in [0.25, 0.3) is 0 Å². The van der Waals surface area contributed by atoms with Gasteiger partial charge >= 0.3 is 6.18 Å². The summed E-state index contributed by atoms with van der Waals surface area (Å²) >= 11 is 0. The van der Waals surface area contributed by atoms with E-state index in [1.165, 1.54) is 0 Å². The van der Waals surface area contributed by atoms with Crippen LogP contribution in [0.5, 0.6) is 0 Å². The molecule has 0 radical (unpaired) electrons. The number of hydrogen-bond acceptors (Lipinski definition) is 4. The molecule has 4 aromatic rings. The monoisotopic (exact) mass is 586 g/mol. The number of benzene rings is 4. The van der Waals surface area contributed by atoms with Crippen LogP contribution in [0, 0.1) is 5.92 Å². The molecule has 9 heteroatoms. The maximum Gasteiger partial charge on any atom is 0.391 e. The molecule has 0 spiro atoms. The maximum atomic E-state index is 14.5. The van der Waals surface area contributed by atoms with E-state index in [0.29, 0.717) is 10.6 Å². The Kier molecular flexibility index (Phi) is 9.53. The van der Waals surface area contributed by atoms with Crippen molar-refractivity contribution in [2.24, 2.45) is 5.92 Å². The first-order valence-corrected chi connectivity index (χ1v) is 16.1. The Labute approximate surface area is 233 Å². The van der Waals surface area contributed by atoms with E-state index >= 15 is 0 Å². The fraction of sp³-hybridized carbons (Fsp3) is 0.226. The Bertz CT molecular complexity index is 1360. The van der Waals surface area contributed by atoms with Crippen LogP contribution in [-0.4, -0.2) is 18.4 Å². The molecule has 0 saturated carbocycles. The third-order valence-electron chi connectivity index (χ3n) is 6.74. The molecule has 0 aliphatic carbocycles. The highest BCUT2D eigenvalue weighted by molar-refractivity contribution is 7.74. The van der Waals surface area contributed by atoms with Gasteiger partial charge in [-0.3, -0.25) is 9.13 Å². The Morgan fingerprint density at radius 2 is 0.875 bits per heavy atom. The third kappa shape index (κ3) is 7.03. The van der Waals surface area contributed by atoms with Crippen LogP contribution >= 0.6 is 14.7 Å². The van der Waals surface area contributed by atoms with Gasteiger partial charge in [0, 0.05) is 27.1 Å². The molecule has 0 saturated heterocycles. The first-order valence-electron chi connectivity index (χ1n) is 12.9. The zero-order valence-corrected chi connectivity index (χ0v) is 23.9. The van der Waals surface area contributed by atoms with Crippen molar-refractivity contribution in [2.45, 2.75) is 38.7 Å². The van der Waals surface area contributed by atoms with Crippen LogP contribution in [0.2, 0.25) is 0 Å². The minimum absolute atomic E-state index is 0.286. The topological polar surface area (TPSA) is 52.6 Å². The summed E-state index contributed by atoms with van der Waals surface area (Å²) in [6.45, 7) is 3.12. The number of rotatable bonds is 11. The van der Waals surface area contributed by atoms with E-state index in [9.17, 15) is 22.3 Å². The van der Waals surface area contributed by atoms with Gasteiger partial charge in [-0.1, -0.05) is 79.7 Å². The quantitative estimate of drug-likeness (QED) is 0.174. The van der Waals surface area contributed by atoms with E-state index in [1.807, 2.05) is 0 Å². The lowest BCUT2D eigenvalue weighted by Gasteiger charge is -2.34. The Balaban J connectivity index is 1.72. The van der Waals surface area contributed by atoms with Crippen LogP contribution in [0.4, 0.5) is 13.2 Å². The van der Waals surface area contributed by atoms with Crippen molar-refractivity contribution in [2.75, 3.05) is 0 Å². The fourth-order valence-electron chi connectivity index (χ4n) is 4.41. The molecular formula is C31H31F3O4P2. The predicted octanol–water partition coefficient (Wildman–Crippen LogP) is 7.22. The van der Waals surface area contributed by atoms with Crippen molar-refractivity contribution < 1.29 is 31.3 Å². The van der Waals surface area contributed by atoms with Crippen LogP contribution < -0.4 is 21.2 Å². The van der Waals surface area contributed by atoms with E-state index in [1.54, 1.807) is 135 Å². The van der Waals surface area contributed by atoms with Gasteiger partial charge in [0.05, 0.1) is 18.6 Å². The Morgan fingerprint density at radius 1 is 0.575 bits per heavy atom. The van der Waals surface area contributed by atoms with Gasteiger partial charge in [0.2, 0.25) is 0 Å². The Hall–Kier alpha value is -2.95. The zero-order valence-electron chi connectivity index (χ0n) is 22.1. The molecule has 0 N–H and O–H groups in total. The molecular weight excluding hydrogens is 555 g/mol. The molecule has 0 bridgehead atoms. The lowest BCUT2D eigenvalue weighted by molar-refractivity contribution is -0.157. The molecule has 40 heavy (non-hydrogen) atoms. The minimum Gasteiger partial charge on any atom is -0.319 e. The highest BCUT2D eigenvalue weighted by Crippen LogP contribution is 2.51. The molecule has 0 aromatic heterocycles. The summed E-state index contributed by atoms with van der Waals surface area (Å²) in [4.78, 5) is 0. The van der Waals surface area contributed by atoms with E-state index in [-0.39, 0.29) is 10.6 Å². The van der Waals surface area contributed by atoms with Crippen molar-refractivity contribution in [3.63, 3.8) is 0 Å². The lowest BCUT2D eigenvalue weighted by atomic mass is 9.97. The largest absolute Gasteiger partial charge is 0.391 e. The highest BCUT2D eigenvalue weighted by Gasteiger charge is 2.43. The molecule has 4 nitrogen and oxygen atoms in total. The molecule has 0 aliphatic heterocycles. The van der Waals surface area contributed by atoms with Crippen LogP contribution in [-0.2, 0) is 18.2 Å². The molecule has 3 unspecified atom stereocenters. The second-order valence-corrected chi connectivity index (χ2v) is 14.3. The first kappa shape index (κ1) is 30.0. The highest BCUT2D eigenvalue weighted by atomic mass is 31.2. The standard InChI is InChI=1S/C31H31F3O4P2/c1-24(25(2)37-39(35,26-15-7-3-8-16-26)27-17-9-4-10-18-27)30(23-31(32,33)34)38-40(36,28-19-11-5-12-20-28)29-21-13-6-14-22-29/h3-22,24-25,30H,23H2,1-2H3. The van der Waals surface area contributed by atoms with Gasteiger partial charge in [0.25, 0.3) is 14.7 Å². The van der Waals surface area contributed by atoms with E-state index in [2.05, 4.69) is 0 Å². The van der Waals surface area contributed by atoms with E-state index < -0.39 is 45.5 Å². The SMILES string of the molecule is CC(OP(=O)(c1ccccc1)c1ccccc1)C(C)C(CC(F)(F)F)OP(=O)(c1ccccc1)c1ccccc1. The van der Waals surface area contributed by atoms with Gasteiger partial charge in [-0.15, -0.1) is 0 Å². The number of hydrogen-bond donors (Lipinski definition) is 0. The molecule has 0 amide bonds.